The Balaban J connectivity index is 2.22. The van der Waals surface area contributed by atoms with Crippen LogP contribution in [-0.2, 0) is 14.3 Å². The van der Waals surface area contributed by atoms with Crippen molar-refractivity contribution in [2.75, 3.05) is 14.2 Å². The highest BCUT2D eigenvalue weighted by molar-refractivity contribution is 9.10. The Hall–Kier alpha value is -1.07. The van der Waals surface area contributed by atoms with Crippen molar-refractivity contribution < 1.29 is 19.0 Å². The summed E-state index contributed by atoms with van der Waals surface area (Å²) in [5.41, 5.74) is 0.854. The van der Waals surface area contributed by atoms with Gasteiger partial charge in [-0.2, -0.15) is 0 Å². The summed E-state index contributed by atoms with van der Waals surface area (Å²) < 4.78 is 16.0. The summed E-state index contributed by atoms with van der Waals surface area (Å²) in [5, 5.41) is 0. The van der Waals surface area contributed by atoms with Crippen molar-refractivity contribution in [3.63, 3.8) is 0 Å². The number of rotatable bonds is 3. The maximum absolute atomic E-state index is 11.2. The van der Waals surface area contributed by atoms with Gasteiger partial charge in [0.25, 0.3) is 0 Å². The second-order valence-corrected chi connectivity index (χ2v) is 4.30. The lowest BCUT2D eigenvalue weighted by Gasteiger charge is -2.06. The smallest absolute Gasteiger partial charge is 0.338 e. The maximum Gasteiger partial charge on any atom is 0.338 e. The molecule has 4 nitrogen and oxygen atoms in total. The molecule has 1 aromatic rings. The van der Waals surface area contributed by atoms with Crippen molar-refractivity contribution in [2.24, 2.45) is 0 Å². The van der Waals surface area contributed by atoms with Crippen LogP contribution in [-0.4, -0.2) is 26.3 Å². The van der Waals surface area contributed by atoms with E-state index in [-0.39, 0.29) is 12.1 Å². The van der Waals surface area contributed by atoms with Crippen LogP contribution >= 0.6 is 15.9 Å². The summed E-state index contributed by atoms with van der Waals surface area (Å²) >= 11 is 3.37. The van der Waals surface area contributed by atoms with Crippen LogP contribution in [0.1, 0.15) is 11.7 Å². The van der Waals surface area contributed by atoms with Gasteiger partial charge in [0.1, 0.15) is 11.9 Å². The lowest BCUT2D eigenvalue weighted by atomic mass is 10.1. The number of methoxy groups -OCH3 is 2. The number of epoxide rings is 1. The Morgan fingerprint density at radius 3 is 2.81 bits per heavy atom. The average molecular weight is 287 g/mol. The van der Waals surface area contributed by atoms with Crippen LogP contribution in [0.4, 0.5) is 0 Å². The Bertz CT molecular complexity index is 418. The molecule has 2 rings (SSSR count). The van der Waals surface area contributed by atoms with Gasteiger partial charge in [0.2, 0.25) is 0 Å². The first-order valence-electron chi connectivity index (χ1n) is 4.74. The molecule has 0 spiro atoms. The number of benzene rings is 1. The van der Waals surface area contributed by atoms with Crippen LogP contribution < -0.4 is 4.74 Å². The Morgan fingerprint density at radius 2 is 2.19 bits per heavy atom. The quantitative estimate of drug-likeness (QED) is 0.630. The third-order valence-electron chi connectivity index (χ3n) is 2.42. The number of ether oxygens (including phenoxy) is 3. The van der Waals surface area contributed by atoms with Crippen LogP contribution in [0.15, 0.2) is 22.7 Å². The fraction of sp³-hybridized carbons (Fsp3) is 0.364. The van der Waals surface area contributed by atoms with Gasteiger partial charge in [-0.3, -0.25) is 0 Å². The van der Waals surface area contributed by atoms with E-state index in [1.165, 1.54) is 7.11 Å². The third kappa shape index (κ3) is 2.05. The van der Waals surface area contributed by atoms with Gasteiger partial charge in [0, 0.05) is 10.0 Å². The summed E-state index contributed by atoms with van der Waals surface area (Å²) in [6.07, 6.45) is -0.770. The van der Waals surface area contributed by atoms with E-state index in [9.17, 15) is 4.79 Å². The minimum absolute atomic E-state index is 0.264. The van der Waals surface area contributed by atoms with Crippen molar-refractivity contribution in [3.05, 3.63) is 28.2 Å². The van der Waals surface area contributed by atoms with Gasteiger partial charge in [-0.05, 0) is 18.2 Å². The molecule has 2 atom stereocenters. The lowest BCUT2D eigenvalue weighted by Crippen LogP contribution is -2.09. The molecule has 1 aromatic carbocycles. The zero-order chi connectivity index (χ0) is 11.7. The average Bonchev–Trinajstić information content (AvgIpc) is 3.08. The molecule has 16 heavy (non-hydrogen) atoms. The number of hydrogen-bond donors (Lipinski definition) is 0. The van der Waals surface area contributed by atoms with E-state index in [1.807, 2.05) is 18.2 Å². The van der Waals surface area contributed by atoms with Crippen LogP contribution in [0.2, 0.25) is 0 Å². The summed E-state index contributed by atoms with van der Waals surface area (Å²) in [4.78, 5) is 11.2. The summed E-state index contributed by atoms with van der Waals surface area (Å²) in [6, 6.07) is 5.58. The normalized spacial score (nSPS) is 22.7. The summed E-state index contributed by atoms with van der Waals surface area (Å²) in [6.45, 7) is 0. The molecule has 0 aliphatic carbocycles. The van der Waals surface area contributed by atoms with Crippen molar-refractivity contribution in [1.29, 1.82) is 0 Å². The molecule has 1 fully saturated rings. The van der Waals surface area contributed by atoms with Crippen molar-refractivity contribution in [3.8, 4) is 5.75 Å². The highest BCUT2D eigenvalue weighted by atomic mass is 79.9. The molecule has 1 saturated heterocycles. The van der Waals surface area contributed by atoms with Crippen molar-refractivity contribution in [2.45, 2.75) is 12.2 Å². The molecule has 0 amide bonds. The molecule has 0 aromatic heterocycles. The number of hydrogen-bond acceptors (Lipinski definition) is 4. The highest BCUT2D eigenvalue weighted by Crippen LogP contribution is 2.44. The Labute approximate surface area is 102 Å². The molecule has 5 heteroatoms. The molecule has 0 bridgehead atoms. The van der Waals surface area contributed by atoms with Gasteiger partial charge in [-0.15, -0.1) is 0 Å². The van der Waals surface area contributed by atoms with E-state index in [0.29, 0.717) is 5.75 Å². The second-order valence-electron chi connectivity index (χ2n) is 3.39. The molecule has 1 heterocycles. The van der Waals surface area contributed by atoms with Crippen LogP contribution in [0, 0.1) is 0 Å². The van der Waals surface area contributed by atoms with E-state index in [4.69, 9.17) is 9.47 Å². The lowest BCUT2D eigenvalue weighted by molar-refractivity contribution is -0.142. The molecule has 1 aliphatic rings. The van der Waals surface area contributed by atoms with E-state index < -0.39 is 6.10 Å². The predicted octanol–water partition coefficient (Wildman–Crippen LogP) is 2.07. The first-order valence-corrected chi connectivity index (χ1v) is 5.53. The van der Waals surface area contributed by atoms with E-state index in [1.54, 1.807) is 7.11 Å². The Morgan fingerprint density at radius 1 is 1.44 bits per heavy atom. The van der Waals surface area contributed by atoms with Crippen LogP contribution in [0.25, 0.3) is 0 Å². The number of halogens is 1. The maximum atomic E-state index is 11.2. The van der Waals surface area contributed by atoms with Gasteiger partial charge in [0.15, 0.2) is 6.10 Å². The molecule has 0 unspecified atom stereocenters. The first-order chi connectivity index (χ1) is 7.67. The number of carbonyl (C=O) groups is 1. The number of carbonyl (C=O) groups excluding carboxylic acids is 1. The van der Waals surface area contributed by atoms with Crippen molar-refractivity contribution in [1.82, 2.24) is 0 Å². The minimum atomic E-state index is -0.506. The van der Waals surface area contributed by atoms with Gasteiger partial charge < -0.3 is 14.2 Å². The van der Waals surface area contributed by atoms with Gasteiger partial charge >= 0.3 is 5.97 Å². The van der Waals surface area contributed by atoms with Gasteiger partial charge in [-0.25, -0.2) is 4.79 Å². The summed E-state index contributed by atoms with van der Waals surface area (Å²) in [7, 11) is 2.93. The monoisotopic (exact) mass is 286 g/mol. The summed E-state index contributed by atoms with van der Waals surface area (Å²) in [5.74, 6) is 0.353. The molecular weight excluding hydrogens is 276 g/mol. The van der Waals surface area contributed by atoms with Crippen molar-refractivity contribution >= 4 is 21.9 Å². The fourth-order valence-corrected chi connectivity index (χ4v) is 1.95. The van der Waals surface area contributed by atoms with Crippen LogP contribution in [0.5, 0.6) is 5.75 Å². The standard InChI is InChI=1S/C11H11BrO4/c1-14-8-4-3-6(12)5-7(8)9-10(16-9)11(13)15-2/h3-5,9-10H,1-2H3/t9-,10-/m0/s1. The van der Waals surface area contributed by atoms with Gasteiger partial charge in [-0.1, -0.05) is 15.9 Å². The molecular formula is C11H11BrO4. The molecule has 0 saturated carbocycles. The molecule has 1 aliphatic heterocycles. The minimum Gasteiger partial charge on any atom is -0.496 e. The third-order valence-corrected chi connectivity index (χ3v) is 2.92. The molecule has 0 N–H and O–H groups in total. The highest BCUT2D eigenvalue weighted by Gasteiger charge is 2.48. The Kier molecular flexibility index (Phi) is 3.16. The van der Waals surface area contributed by atoms with E-state index >= 15 is 0 Å². The topological polar surface area (TPSA) is 48.1 Å². The first kappa shape index (κ1) is 11.4. The second kappa shape index (κ2) is 4.43. The molecule has 0 radical (unpaired) electrons. The zero-order valence-electron chi connectivity index (χ0n) is 8.90. The van der Waals surface area contributed by atoms with Crippen LogP contribution in [0.3, 0.4) is 0 Å². The predicted molar refractivity (Wildman–Crippen MR) is 60.3 cm³/mol. The molecule has 86 valence electrons. The van der Waals surface area contributed by atoms with E-state index in [0.717, 1.165) is 10.0 Å². The van der Waals surface area contributed by atoms with E-state index in [2.05, 4.69) is 20.7 Å². The number of esters is 1. The fourth-order valence-electron chi connectivity index (χ4n) is 1.57. The van der Waals surface area contributed by atoms with Gasteiger partial charge in [0.05, 0.1) is 14.2 Å². The zero-order valence-corrected chi connectivity index (χ0v) is 10.5. The largest absolute Gasteiger partial charge is 0.496 e. The SMILES string of the molecule is COC(=O)[C@H]1O[C@H]1c1cc(Br)ccc1OC.